The van der Waals surface area contributed by atoms with Gasteiger partial charge in [-0.15, -0.1) is 0 Å². The Balaban J connectivity index is 1.86. The molecule has 158 valence electrons. The van der Waals surface area contributed by atoms with Crippen LogP contribution in [0, 0.1) is 5.41 Å². The standard InChI is InChI=1S/C23H26N2O5/c1-15(24-22(29)23(2,3)4)21(28)30-14-19(26)16-10-12-18(13-11-16)25-20(27)17-8-6-5-7-9-17/h5-13,15H,14H2,1-4H3,(H,24,29)(H,25,27). The second kappa shape index (κ2) is 9.82. The molecule has 0 radical (unpaired) electrons. The van der Waals surface area contributed by atoms with Gasteiger partial charge in [0.05, 0.1) is 0 Å². The molecule has 7 nitrogen and oxygen atoms in total. The number of benzene rings is 2. The summed E-state index contributed by atoms with van der Waals surface area (Å²) in [4.78, 5) is 48.3. The smallest absolute Gasteiger partial charge is 0.328 e. The van der Waals surface area contributed by atoms with Crippen molar-refractivity contribution in [2.75, 3.05) is 11.9 Å². The number of carbonyl (C=O) groups is 4. The second-order valence-electron chi connectivity index (χ2n) is 7.87. The van der Waals surface area contributed by atoms with Gasteiger partial charge in [0.1, 0.15) is 6.04 Å². The van der Waals surface area contributed by atoms with Crippen molar-refractivity contribution in [2.45, 2.75) is 33.7 Å². The molecule has 7 heteroatoms. The Hall–Kier alpha value is -3.48. The Morgan fingerprint density at radius 2 is 1.50 bits per heavy atom. The third-order valence-electron chi connectivity index (χ3n) is 4.23. The van der Waals surface area contributed by atoms with E-state index >= 15 is 0 Å². The van der Waals surface area contributed by atoms with E-state index in [9.17, 15) is 19.2 Å². The molecule has 2 aromatic rings. The van der Waals surface area contributed by atoms with Crippen molar-refractivity contribution < 1.29 is 23.9 Å². The SMILES string of the molecule is CC(NC(=O)C(C)(C)C)C(=O)OCC(=O)c1ccc(NC(=O)c2ccccc2)cc1. The maximum Gasteiger partial charge on any atom is 0.328 e. The highest BCUT2D eigenvalue weighted by Gasteiger charge is 2.26. The van der Waals surface area contributed by atoms with Crippen molar-refractivity contribution in [1.82, 2.24) is 5.32 Å². The summed E-state index contributed by atoms with van der Waals surface area (Å²) in [6.45, 7) is 6.26. The van der Waals surface area contributed by atoms with Crippen molar-refractivity contribution in [3.63, 3.8) is 0 Å². The van der Waals surface area contributed by atoms with Gasteiger partial charge in [-0.1, -0.05) is 39.0 Å². The van der Waals surface area contributed by atoms with E-state index in [4.69, 9.17) is 4.74 Å². The number of ketones is 1. The van der Waals surface area contributed by atoms with Gasteiger partial charge in [-0.2, -0.15) is 0 Å². The fourth-order valence-corrected chi connectivity index (χ4v) is 2.35. The van der Waals surface area contributed by atoms with Crippen LogP contribution >= 0.6 is 0 Å². The maximum absolute atomic E-state index is 12.3. The van der Waals surface area contributed by atoms with E-state index in [1.807, 2.05) is 6.07 Å². The molecular formula is C23H26N2O5. The van der Waals surface area contributed by atoms with Gasteiger partial charge in [-0.05, 0) is 43.3 Å². The zero-order chi connectivity index (χ0) is 22.3. The first kappa shape index (κ1) is 22.8. The van der Waals surface area contributed by atoms with E-state index in [0.717, 1.165) is 0 Å². The first-order valence-corrected chi connectivity index (χ1v) is 9.55. The Bertz CT molecular complexity index is 915. The number of Topliss-reactive ketones (excluding diaryl/α,β-unsaturated/α-hetero) is 1. The van der Waals surface area contributed by atoms with E-state index in [1.165, 1.54) is 6.92 Å². The van der Waals surface area contributed by atoms with Crippen LogP contribution in [0.1, 0.15) is 48.4 Å². The van der Waals surface area contributed by atoms with Crippen LogP contribution in [0.3, 0.4) is 0 Å². The minimum absolute atomic E-state index is 0.255. The predicted octanol–water partition coefficient (Wildman–Crippen LogP) is 3.22. The zero-order valence-corrected chi connectivity index (χ0v) is 17.5. The van der Waals surface area contributed by atoms with Crippen molar-refractivity contribution in [2.24, 2.45) is 5.41 Å². The number of amides is 2. The molecule has 0 heterocycles. The normalized spacial score (nSPS) is 11.9. The predicted molar refractivity (Wildman–Crippen MR) is 113 cm³/mol. The summed E-state index contributed by atoms with van der Waals surface area (Å²) in [6, 6.07) is 14.2. The lowest BCUT2D eigenvalue weighted by Crippen LogP contribution is -2.45. The highest BCUT2D eigenvalue weighted by molar-refractivity contribution is 6.04. The lowest BCUT2D eigenvalue weighted by atomic mass is 9.95. The molecule has 30 heavy (non-hydrogen) atoms. The topological polar surface area (TPSA) is 102 Å². The molecule has 2 N–H and O–H groups in total. The highest BCUT2D eigenvalue weighted by Crippen LogP contribution is 2.14. The number of anilines is 1. The number of esters is 1. The summed E-state index contributed by atoms with van der Waals surface area (Å²) >= 11 is 0. The Morgan fingerprint density at radius 3 is 2.07 bits per heavy atom. The Morgan fingerprint density at radius 1 is 0.900 bits per heavy atom. The largest absolute Gasteiger partial charge is 0.456 e. The van der Waals surface area contributed by atoms with Crippen LogP contribution in [-0.4, -0.2) is 36.2 Å². The number of hydrogen-bond donors (Lipinski definition) is 2. The van der Waals surface area contributed by atoms with E-state index < -0.39 is 29.8 Å². The van der Waals surface area contributed by atoms with Gasteiger partial charge in [-0.3, -0.25) is 14.4 Å². The summed E-state index contributed by atoms with van der Waals surface area (Å²) in [6.07, 6.45) is 0. The average molecular weight is 410 g/mol. The molecule has 1 atom stereocenters. The number of rotatable bonds is 7. The number of ether oxygens (including phenoxy) is 1. The summed E-state index contributed by atoms with van der Waals surface area (Å²) in [5, 5.41) is 5.30. The molecule has 0 saturated heterocycles. The molecule has 0 aliphatic rings. The molecule has 2 aromatic carbocycles. The number of hydrogen-bond acceptors (Lipinski definition) is 5. The lowest BCUT2D eigenvalue weighted by Gasteiger charge is -2.20. The first-order chi connectivity index (χ1) is 14.1. The van der Waals surface area contributed by atoms with Crippen LogP contribution in [0.25, 0.3) is 0 Å². The molecule has 0 saturated carbocycles. The Kier molecular flexibility index (Phi) is 7.47. The fourth-order valence-electron chi connectivity index (χ4n) is 2.35. The molecule has 0 bridgehead atoms. The van der Waals surface area contributed by atoms with Gasteiger partial charge in [0.15, 0.2) is 12.4 Å². The second-order valence-corrected chi connectivity index (χ2v) is 7.87. The molecular weight excluding hydrogens is 384 g/mol. The van der Waals surface area contributed by atoms with Crippen molar-refractivity contribution in [3.05, 3.63) is 65.7 Å². The molecule has 2 rings (SSSR count). The molecule has 2 amide bonds. The van der Waals surface area contributed by atoms with Crippen LogP contribution in [0.5, 0.6) is 0 Å². The van der Waals surface area contributed by atoms with E-state index in [-0.39, 0.29) is 11.8 Å². The summed E-state index contributed by atoms with van der Waals surface area (Å²) in [5.41, 5.74) is 0.766. The molecule has 0 aliphatic carbocycles. The van der Waals surface area contributed by atoms with E-state index in [0.29, 0.717) is 16.8 Å². The third kappa shape index (κ3) is 6.55. The molecule has 0 aromatic heterocycles. The Labute approximate surface area is 175 Å². The monoisotopic (exact) mass is 410 g/mol. The molecule has 1 unspecified atom stereocenters. The summed E-state index contributed by atoms with van der Waals surface area (Å²) < 4.78 is 5.01. The van der Waals surface area contributed by atoms with E-state index in [2.05, 4.69) is 10.6 Å². The zero-order valence-electron chi connectivity index (χ0n) is 17.5. The summed E-state index contributed by atoms with van der Waals surface area (Å²) in [5.74, 6) is -1.62. The van der Waals surface area contributed by atoms with Gasteiger partial charge < -0.3 is 15.4 Å². The first-order valence-electron chi connectivity index (χ1n) is 9.55. The van der Waals surface area contributed by atoms with Gasteiger partial charge in [0.2, 0.25) is 5.91 Å². The quantitative estimate of drug-likeness (QED) is 0.539. The minimum Gasteiger partial charge on any atom is -0.456 e. The minimum atomic E-state index is -0.861. The van der Waals surface area contributed by atoms with Crippen LogP contribution < -0.4 is 10.6 Å². The maximum atomic E-state index is 12.3. The average Bonchev–Trinajstić information content (AvgIpc) is 2.72. The van der Waals surface area contributed by atoms with Crippen molar-refractivity contribution in [1.29, 1.82) is 0 Å². The van der Waals surface area contributed by atoms with Gasteiger partial charge in [0, 0.05) is 22.2 Å². The van der Waals surface area contributed by atoms with Crippen molar-refractivity contribution in [3.8, 4) is 0 Å². The molecule has 0 spiro atoms. The molecule has 0 aliphatic heterocycles. The molecule has 0 fully saturated rings. The van der Waals surface area contributed by atoms with Crippen LogP contribution in [0.2, 0.25) is 0 Å². The van der Waals surface area contributed by atoms with Gasteiger partial charge in [-0.25, -0.2) is 4.79 Å². The van der Waals surface area contributed by atoms with Crippen molar-refractivity contribution >= 4 is 29.3 Å². The third-order valence-corrected chi connectivity index (χ3v) is 4.23. The van der Waals surface area contributed by atoms with Crippen LogP contribution in [0.4, 0.5) is 5.69 Å². The lowest BCUT2D eigenvalue weighted by molar-refractivity contribution is -0.147. The number of nitrogens with one attached hydrogen (secondary N) is 2. The van der Waals surface area contributed by atoms with Gasteiger partial charge >= 0.3 is 5.97 Å². The summed E-state index contributed by atoms with van der Waals surface area (Å²) in [7, 11) is 0. The van der Waals surface area contributed by atoms with Crippen LogP contribution in [0.15, 0.2) is 54.6 Å². The van der Waals surface area contributed by atoms with Crippen LogP contribution in [-0.2, 0) is 14.3 Å². The highest BCUT2D eigenvalue weighted by atomic mass is 16.5. The van der Waals surface area contributed by atoms with E-state index in [1.54, 1.807) is 69.3 Å². The van der Waals surface area contributed by atoms with Gasteiger partial charge in [0.25, 0.3) is 5.91 Å². The fraction of sp³-hybridized carbons (Fsp3) is 0.304. The number of carbonyl (C=O) groups excluding carboxylic acids is 4.